The number of hydrogen-bond acceptors (Lipinski definition) is 3. The van der Waals surface area contributed by atoms with Crippen LogP contribution in [0.2, 0.25) is 0 Å². The SMILES string of the molecule is CNC(C(=O)O)C1CCCCN1C. The fourth-order valence-electron chi connectivity index (χ4n) is 2.00. The zero-order valence-corrected chi connectivity index (χ0v) is 8.29. The average molecular weight is 186 g/mol. The molecule has 1 aliphatic heterocycles. The monoisotopic (exact) mass is 186 g/mol. The number of carboxylic acid groups (broad SMARTS) is 1. The minimum absolute atomic E-state index is 0.149. The molecule has 2 unspecified atom stereocenters. The van der Waals surface area contributed by atoms with Gasteiger partial charge in [0.1, 0.15) is 6.04 Å². The van der Waals surface area contributed by atoms with E-state index in [1.54, 1.807) is 7.05 Å². The maximum Gasteiger partial charge on any atom is 0.322 e. The van der Waals surface area contributed by atoms with E-state index in [4.69, 9.17) is 5.11 Å². The van der Waals surface area contributed by atoms with Gasteiger partial charge >= 0.3 is 5.97 Å². The molecule has 4 heteroatoms. The number of rotatable bonds is 3. The summed E-state index contributed by atoms with van der Waals surface area (Å²) in [6.45, 7) is 1.01. The van der Waals surface area contributed by atoms with Crippen LogP contribution in [0.3, 0.4) is 0 Å². The van der Waals surface area contributed by atoms with E-state index in [0.29, 0.717) is 0 Å². The van der Waals surface area contributed by atoms with E-state index < -0.39 is 12.0 Å². The molecule has 1 fully saturated rings. The van der Waals surface area contributed by atoms with Crippen LogP contribution in [0.25, 0.3) is 0 Å². The Morgan fingerprint density at radius 3 is 2.77 bits per heavy atom. The van der Waals surface area contributed by atoms with E-state index in [1.807, 2.05) is 7.05 Å². The van der Waals surface area contributed by atoms with Crippen LogP contribution in [0, 0.1) is 0 Å². The molecule has 0 amide bonds. The van der Waals surface area contributed by atoms with Gasteiger partial charge in [0, 0.05) is 6.04 Å². The first kappa shape index (κ1) is 10.5. The number of piperidine rings is 1. The standard InChI is InChI=1S/C9H18N2O2/c1-10-8(9(12)13)7-5-3-4-6-11(7)2/h7-8,10H,3-6H2,1-2H3,(H,12,13). The number of aliphatic carboxylic acids is 1. The summed E-state index contributed by atoms with van der Waals surface area (Å²) in [6.07, 6.45) is 3.30. The van der Waals surface area contributed by atoms with Crippen molar-refractivity contribution in [2.24, 2.45) is 0 Å². The van der Waals surface area contributed by atoms with Gasteiger partial charge in [-0.15, -0.1) is 0 Å². The smallest absolute Gasteiger partial charge is 0.322 e. The first-order valence-electron chi connectivity index (χ1n) is 4.77. The lowest BCUT2D eigenvalue weighted by atomic mass is 9.96. The molecule has 1 aliphatic rings. The second-order valence-electron chi connectivity index (χ2n) is 3.65. The van der Waals surface area contributed by atoms with Crippen LogP contribution in [0.5, 0.6) is 0 Å². The number of hydrogen-bond donors (Lipinski definition) is 2. The van der Waals surface area contributed by atoms with Gasteiger partial charge < -0.3 is 15.3 Å². The van der Waals surface area contributed by atoms with E-state index in [-0.39, 0.29) is 6.04 Å². The molecule has 1 saturated heterocycles. The van der Waals surface area contributed by atoms with E-state index in [0.717, 1.165) is 19.4 Å². The Morgan fingerprint density at radius 1 is 1.62 bits per heavy atom. The van der Waals surface area contributed by atoms with E-state index in [2.05, 4.69) is 10.2 Å². The van der Waals surface area contributed by atoms with Crippen LogP contribution >= 0.6 is 0 Å². The predicted octanol–water partition coefficient (Wildman–Crippen LogP) is 0.143. The van der Waals surface area contributed by atoms with Crippen molar-refractivity contribution in [3.63, 3.8) is 0 Å². The lowest BCUT2D eigenvalue weighted by Gasteiger charge is -2.35. The van der Waals surface area contributed by atoms with Crippen molar-refractivity contribution in [1.29, 1.82) is 0 Å². The van der Waals surface area contributed by atoms with Crippen molar-refractivity contribution in [2.75, 3.05) is 20.6 Å². The van der Waals surface area contributed by atoms with Gasteiger partial charge in [-0.25, -0.2) is 0 Å². The summed E-state index contributed by atoms with van der Waals surface area (Å²) in [4.78, 5) is 13.0. The van der Waals surface area contributed by atoms with Crippen molar-refractivity contribution in [3.8, 4) is 0 Å². The largest absolute Gasteiger partial charge is 0.480 e. The first-order chi connectivity index (χ1) is 6.16. The molecular weight excluding hydrogens is 168 g/mol. The maximum absolute atomic E-state index is 10.9. The second-order valence-corrected chi connectivity index (χ2v) is 3.65. The fraction of sp³-hybridized carbons (Fsp3) is 0.889. The summed E-state index contributed by atoms with van der Waals surface area (Å²) in [6, 6.07) is -0.276. The molecule has 0 aromatic carbocycles. The molecule has 0 aromatic rings. The molecule has 1 heterocycles. The van der Waals surface area contributed by atoms with Gasteiger partial charge in [-0.1, -0.05) is 6.42 Å². The lowest BCUT2D eigenvalue weighted by Crippen LogP contribution is -2.53. The van der Waals surface area contributed by atoms with Crippen LogP contribution in [-0.4, -0.2) is 48.7 Å². The van der Waals surface area contributed by atoms with Crippen LogP contribution in [0.15, 0.2) is 0 Å². The molecule has 0 bridgehead atoms. The maximum atomic E-state index is 10.9. The molecule has 0 saturated carbocycles. The van der Waals surface area contributed by atoms with E-state index >= 15 is 0 Å². The van der Waals surface area contributed by atoms with E-state index in [9.17, 15) is 4.79 Å². The van der Waals surface area contributed by atoms with Crippen LogP contribution < -0.4 is 5.32 Å². The van der Waals surface area contributed by atoms with Gasteiger partial charge in [0.05, 0.1) is 0 Å². The van der Waals surface area contributed by atoms with Crippen molar-refractivity contribution in [2.45, 2.75) is 31.3 Å². The molecule has 2 N–H and O–H groups in total. The third-order valence-electron chi connectivity index (χ3n) is 2.79. The zero-order valence-electron chi connectivity index (χ0n) is 8.29. The number of carbonyl (C=O) groups is 1. The highest BCUT2D eigenvalue weighted by molar-refractivity contribution is 5.74. The molecule has 2 atom stereocenters. The van der Waals surface area contributed by atoms with Gasteiger partial charge in [0.25, 0.3) is 0 Å². The Bertz CT molecular complexity index is 184. The topological polar surface area (TPSA) is 52.6 Å². The predicted molar refractivity (Wildman–Crippen MR) is 50.8 cm³/mol. The van der Waals surface area contributed by atoms with Gasteiger partial charge in [-0.3, -0.25) is 4.79 Å². The highest BCUT2D eigenvalue weighted by Gasteiger charge is 2.31. The summed E-state index contributed by atoms with van der Waals surface area (Å²) < 4.78 is 0. The minimum Gasteiger partial charge on any atom is -0.480 e. The highest BCUT2D eigenvalue weighted by atomic mass is 16.4. The van der Waals surface area contributed by atoms with Gasteiger partial charge in [-0.05, 0) is 33.5 Å². The number of likely N-dealkylation sites (tertiary alicyclic amines) is 1. The zero-order chi connectivity index (χ0) is 9.84. The Morgan fingerprint density at radius 2 is 2.31 bits per heavy atom. The van der Waals surface area contributed by atoms with Gasteiger partial charge in [0.2, 0.25) is 0 Å². The third-order valence-corrected chi connectivity index (χ3v) is 2.79. The Labute approximate surface area is 78.9 Å². The molecule has 0 spiro atoms. The molecule has 13 heavy (non-hydrogen) atoms. The Hall–Kier alpha value is -0.610. The van der Waals surface area contributed by atoms with Gasteiger partial charge in [-0.2, -0.15) is 0 Å². The van der Waals surface area contributed by atoms with Crippen molar-refractivity contribution in [1.82, 2.24) is 10.2 Å². The second kappa shape index (κ2) is 4.58. The number of nitrogens with one attached hydrogen (secondary N) is 1. The molecule has 0 radical (unpaired) electrons. The van der Waals surface area contributed by atoms with Crippen LogP contribution in [0.4, 0.5) is 0 Å². The Kier molecular flexibility index (Phi) is 3.69. The third kappa shape index (κ3) is 2.42. The molecule has 1 rings (SSSR count). The van der Waals surface area contributed by atoms with Crippen molar-refractivity contribution >= 4 is 5.97 Å². The number of likely N-dealkylation sites (N-methyl/N-ethyl adjacent to an activating group) is 2. The minimum atomic E-state index is -0.749. The summed E-state index contributed by atoms with van der Waals surface area (Å²) in [7, 11) is 3.71. The number of carboxylic acids is 1. The lowest BCUT2D eigenvalue weighted by molar-refractivity contribution is -0.141. The van der Waals surface area contributed by atoms with Gasteiger partial charge in [0.15, 0.2) is 0 Å². The van der Waals surface area contributed by atoms with Crippen molar-refractivity contribution < 1.29 is 9.90 Å². The van der Waals surface area contributed by atoms with Crippen molar-refractivity contribution in [3.05, 3.63) is 0 Å². The summed E-state index contributed by atoms with van der Waals surface area (Å²) >= 11 is 0. The molecule has 76 valence electrons. The van der Waals surface area contributed by atoms with Crippen LogP contribution in [0.1, 0.15) is 19.3 Å². The molecule has 4 nitrogen and oxygen atoms in total. The normalized spacial score (nSPS) is 27.1. The van der Waals surface area contributed by atoms with Crippen LogP contribution in [-0.2, 0) is 4.79 Å². The summed E-state index contributed by atoms with van der Waals surface area (Å²) in [5.74, 6) is -0.749. The molecule has 0 aliphatic carbocycles. The quantitative estimate of drug-likeness (QED) is 0.658. The summed E-state index contributed by atoms with van der Waals surface area (Å²) in [5.41, 5.74) is 0. The number of nitrogens with zero attached hydrogens (tertiary/aromatic N) is 1. The molecule has 0 aromatic heterocycles. The van der Waals surface area contributed by atoms with E-state index in [1.165, 1.54) is 6.42 Å². The Balaban J connectivity index is 2.60. The average Bonchev–Trinajstić information content (AvgIpc) is 2.09. The summed E-state index contributed by atoms with van der Waals surface area (Å²) in [5, 5.41) is 11.8. The first-order valence-corrected chi connectivity index (χ1v) is 4.77. The molecular formula is C9H18N2O2. The fourth-order valence-corrected chi connectivity index (χ4v) is 2.00. The highest BCUT2D eigenvalue weighted by Crippen LogP contribution is 2.17.